The fraction of sp³-hybridized carbons (Fsp3) is 0.545. The van der Waals surface area contributed by atoms with E-state index in [0.717, 1.165) is 28.3 Å². The summed E-state index contributed by atoms with van der Waals surface area (Å²) in [4.78, 5) is 11.7. The van der Waals surface area contributed by atoms with E-state index in [-0.39, 0.29) is 12.1 Å². The number of halogens is 1. The first-order valence-corrected chi connectivity index (χ1v) is 7.38. The number of amides is 2. The van der Waals surface area contributed by atoms with Gasteiger partial charge in [0, 0.05) is 12.6 Å². The number of anilines is 1. The molecule has 1 saturated heterocycles. The zero-order valence-corrected chi connectivity index (χ0v) is 11.9. The molecule has 4 nitrogen and oxygen atoms in total. The van der Waals surface area contributed by atoms with E-state index >= 15 is 0 Å². The summed E-state index contributed by atoms with van der Waals surface area (Å²) in [5.74, 6) is 0. The van der Waals surface area contributed by atoms with Crippen LogP contribution < -0.4 is 16.0 Å². The van der Waals surface area contributed by atoms with Crippen LogP contribution in [0.2, 0.25) is 0 Å². The molecule has 1 aromatic rings. The molecule has 0 bridgehead atoms. The number of carbonyl (C=O) groups is 1. The SMILES string of the molecule is O=C(Nc1ccc(Br)s1)NC1CCCCNC1. The van der Waals surface area contributed by atoms with Gasteiger partial charge < -0.3 is 10.6 Å². The molecule has 0 aromatic carbocycles. The summed E-state index contributed by atoms with van der Waals surface area (Å²) in [7, 11) is 0. The summed E-state index contributed by atoms with van der Waals surface area (Å²) in [6.07, 6.45) is 3.41. The predicted octanol–water partition coefficient (Wildman–Crippen LogP) is 2.77. The van der Waals surface area contributed by atoms with Crippen LogP contribution in [0.1, 0.15) is 19.3 Å². The van der Waals surface area contributed by atoms with Gasteiger partial charge in [-0.05, 0) is 47.4 Å². The van der Waals surface area contributed by atoms with E-state index in [9.17, 15) is 4.79 Å². The molecular weight excluding hydrogens is 302 g/mol. The van der Waals surface area contributed by atoms with E-state index in [4.69, 9.17) is 0 Å². The average Bonchev–Trinajstić information content (AvgIpc) is 2.53. The van der Waals surface area contributed by atoms with Crippen LogP contribution >= 0.6 is 27.3 Å². The molecule has 94 valence electrons. The van der Waals surface area contributed by atoms with Gasteiger partial charge in [-0.15, -0.1) is 11.3 Å². The van der Waals surface area contributed by atoms with Crippen molar-refractivity contribution in [3.05, 3.63) is 15.9 Å². The van der Waals surface area contributed by atoms with Crippen molar-refractivity contribution < 1.29 is 4.79 Å². The van der Waals surface area contributed by atoms with Gasteiger partial charge in [-0.3, -0.25) is 5.32 Å². The maximum absolute atomic E-state index is 11.7. The maximum atomic E-state index is 11.7. The minimum absolute atomic E-state index is 0.118. The second-order valence-corrected chi connectivity index (χ2v) is 6.56. The monoisotopic (exact) mass is 317 g/mol. The number of carbonyl (C=O) groups excluding carboxylic acids is 1. The molecule has 1 unspecified atom stereocenters. The number of nitrogens with one attached hydrogen (secondary N) is 3. The van der Waals surface area contributed by atoms with Gasteiger partial charge in [0.25, 0.3) is 0 Å². The Labute approximate surface area is 113 Å². The van der Waals surface area contributed by atoms with Crippen LogP contribution in [0.3, 0.4) is 0 Å². The summed E-state index contributed by atoms with van der Waals surface area (Å²) in [6.45, 7) is 1.92. The molecule has 0 saturated carbocycles. The Morgan fingerprint density at radius 1 is 1.47 bits per heavy atom. The molecule has 0 spiro atoms. The molecule has 1 atom stereocenters. The van der Waals surface area contributed by atoms with Crippen molar-refractivity contribution in [3.8, 4) is 0 Å². The Kier molecular flexibility index (Phi) is 4.82. The van der Waals surface area contributed by atoms with Crippen LogP contribution in [0.25, 0.3) is 0 Å². The van der Waals surface area contributed by atoms with Gasteiger partial charge in [-0.1, -0.05) is 6.42 Å². The Hall–Kier alpha value is -0.590. The standard InChI is InChI=1S/C11H16BrN3OS/c12-9-4-5-10(17-9)15-11(16)14-8-3-1-2-6-13-7-8/h4-5,8,13H,1-3,6-7H2,(H2,14,15,16). The molecule has 1 aliphatic rings. The lowest BCUT2D eigenvalue weighted by Gasteiger charge is -2.16. The summed E-state index contributed by atoms with van der Waals surface area (Å²) >= 11 is 4.88. The highest BCUT2D eigenvalue weighted by Crippen LogP contribution is 2.26. The quantitative estimate of drug-likeness (QED) is 0.785. The number of rotatable bonds is 2. The lowest BCUT2D eigenvalue weighted by atomic mass is 10.1. The lowest BCUT2D eigenvalue weighted by Crippen LogP contribution is -2.42. The predicted molar refractivity (Wildman–Crippen MR) is 74.7 cm³/mol. The average molecular weight is 318 g/mol. The van der Waals surface area contributed by atoms with Crippen LogP contribution in [0.4, 0.5) is 9.80 Å². The van der Waals surface area contributed by atoms with Crippen molar-refractivity contribution in [1.29, 1.82) is 0 Å². The van der Waals surface area contributed by atoms with E-state index in [1.54, 1.807) is 0 Å². The molecule has 0 aliphatic carbocycles. The fourth-order valence-electron chi connectivity index (χ4n) is 1.86. The first-order chi connectivity index (χ1) is 8.24. The number of hydrogen-bond donors (Lipinski definition) is 3. The summed E-state index contributed by atoms with van der Waals surface area (Å²) in [5.41, 5.74) is 0. The second-order valence-electron chi connectivity index (χ2n) is 4.10. The first-order valence-electron chi connectivity index (χ1n) is 5.77. The highest BCUT2D eigenvalue weighted by molar-refractivity contribution is 9.11. The molecule has 1 aromatic heterocycles. The molecule has 2 heterocycles. The minimum Gasteiger partial charge on any atom is -0.334 e. The molecule has 17 heavy (non-hydrogen) atoms. The number of hydrogen-bond acceptors (Lipinski definition) is 3. The molecule has 1 aliphatic heterocycles. The van der Waals surface area contributed by atoms with Gasteiger partial charge in [0.1, 0.15) is 0 Å². The van der Waals surface area contributed by atoms with Crippen LogP contribution in [0.5, 0.6) is 0 Å². The van der Waals surface area contributed by atoms with Crippen LogP contribution in [-0.2, 0) is 0 Å². The van der Waals surface area contributed by atoms with Crippen molar-refractivity contribution in [2.24, 2.45) is 0 Å². The zero-order chi connectivity index (χ0) is 12.1. The molecular formula is C11H16BrN3OS. The summed E-state index contributed by atoms with van der Waals surface area (Å²) < 4.78 is 1.02. The van der Waals surface area contributed by atoms with Crippen molar-refractivity contribution in [1.82, 2.24) is 10.6 Å². The van der Waals surface area contributed by atoms with E-state index in [1.165, 1.54) is 24.2 Å². The highest BCUT2D eigenvalue weighted by atomic mass is 79.9. The topological polar surface area (TPSA) is 53.2 Å². The van der Waals surface area contributed by atoms with Crippen molar-refractivity contribution >= 4 is 38.3 Å². The smallest absolute Gasteiger partial charge is 0.320 e. The van der Waals surface area contributed by atoms with E-state index in [2.05, 4.69) is 31.9 Å². The third-order valence-corrected chi connectivity index (χ3v) is 4.23. The maximum Gasteiger partial charge on any atom is 0.320 e. The van der Waals surface area contributed by atoms with Gasteiger partial charge in [0.05, 0.1) is 8.79 Å². The largest absolute Gasteiger partial charge is 0.334 e. The Bertz CT molecular complexity index is 375. The summed E-state index contributed by atoms with van der Waals surface area (Å²) in [5, 5.41) is 10.0. The third kappa shape index (κ3) is 4.29. The number of thiophene rings is 1. The molecule has 1 fully saturated rings. The Balaban J connectivity index is 1.80. The van der Waals surface area contributed by atoms with Gasteiger partial charge >= 0.3 is 6.03 Å². The molecule has 2 rings (SSSR count). The number of urea groups is 1. The van der Waals surface area contributed by atoms with Crippen LogP contribution in [-0.4, -0.2) is 25.2 Å². The zero-order valence-electron chi connectivity index (χ0n) is 9.46. The van der Waals surface area contributed by atoms with Crippen LogP contribution in [0.15, 0.2) is 15.9 Å². The summed E-state index contributed by atoms with van der Waals surface area (Å²) in [6, 6.07) is 3.93. The highest BCUT2D eigenvalue weighted by Gasteiger charge is 2.14. The normalized spacial score (nSPS) is 20.6. The van der Waals surface area contributed by atoms with E-state index in [1.807, 2.05) is 12.1 Å². The van der Waals surface area contributed by atoms with Crippen molar-refractivity contribution in [2.75, 3.05) is 18.4 Å². The molecule has 6 heteroatoms. The van der Waals surface area contributed by atoms with Crippen molar-refractivity contribution in [3.63, 3.8) is 0 Å². The second kappa shape index (κ2) is 6.37. The van der Waals surface area contributed by atoms with Gasteiger partial charge in [0.2, 0.25) is 0 Å². The fourth-order valence-corrected chi connectivity index (χ4v) is 3.14. The Morgan fingerprint density at radius 2 is 2.35 bits per heavy atom. The van der Waals surface area contributed by atoms with Gasteiger partial charge in [0.15, 0.2) is 0 Å². The molecule has 2 amide bonds. The molecule has 0 radical (unpaired) electrons. The van der Waals surface area contributed by atoms with E-state index in [0.29, 0.717) is 0 Å². The molecule has 3 N–H and O–H groups in total. The lowest BCUT2D eigenvalue weighted by molar-refractivity contribution is 0.247. The first kappa shape index (κ1) is 12.9. The Morgan fingerprint density at radius 3 is 3.12 bits per heavy atom. The van der Waals surface area contributed by atoms with Crippen LogP contribution in [0, 0.1) is 0 Å². The van der Waals surface area contributed by atoms with Gasteiger partial charge in [-0.2, -0.15) is 0 Å². The minimum atomic E-state index is -0.118. The third-order valence-electron chi connectivity index (χ3n) is 2.69. The van der Waals surface area contributed by atoms with E-state index < -0.39 is 0 Å². The van der Waals surface area contributed by atoms with Crippen molar-refractivity contribution in [2.45, 2.75) is 25.3 Å². The van der Waals surface area contributed by atoms with Gasteiger partial charge in [-0.25, -0.2) is 4.79 Å².